The van der Waals surface area contributed by atoms with E-state index in [1.165, 1.54) is 6.21 Å². The number of hydrogen-bond acceptors (Lipinski definition) is 5. The Morgan fingerprint density at radius 2 is 1.86 bits per heavy atom. The van der Waals surface area contributed by atoms with Crippen molar-refractivity contribution in [1.82, 2.24) is 4.98 Å². The summed E-state index contributed by atoms with van der Waals surface area (Å²) in [4.78, 5) is 4.33. The van der Waals surface area contributed by atoms with Crippen molar-refractivity contribution >= 4 is 39.1 Å². The van der Waals surface area contributed by atoms with Gasteiger partial charge in [0.2, 0.25) is 0 Å². The second-order valence-electron chi connectivity index (χ2n) is 7.14. The van der Waals surface area contributed by atoms with Crippen molar-refractivity contribution in [3.8, 4) is 11.1 Å². The van der Waals surface area contributed by atoms with E-state index in [1.54, 1.807) is 0 Å². The van der Waals surface area contributed by atoms with Crippen molar-refractivity contribution in [2.45, 2.75) is 18.9 Å². The number of rotatable bonds is 5. The number of fused-ring (bicyclic) bond motifs is 1. The summed E-state index contributed by atoms with van der Waals surface area (Å²) in [5.74, 6) is 1.98. The lowest BCUT2D eigenvalue weighted by atomic mass is 9.98. The van der Waals surface area contributed by atoms with Crippen LogP contribution in [0.25, 0.3) is 21.9 Å². The van der Waals surface area contributed by atoms with E-state index in [0.717, 1.165) is 63.2 Å². The smallest absolute Gasteiger partial charge is 0.0443 e. The largest absolute Gasteiger partial charge is 0.388 e. The molecular formula is C22H25N5S. The average molecular weight is 392 g/mol. The van der Waals surface area contributed by atoms with Crippen LogP contribution in [-0.2, 0) is 10.7 Å². The van der Waals surface area contributed by atoms with Crippen molar-refractivity contribution in [1.29, 1.82) is 10.2 Å². The van der Waals surface area contributed by atoms with Gasteiger partial charge >= 0.3 is 0 Å². The van der Waals surface area contributed by atoms with Gasteiger partial charge in [0.1, 0.15) is 0 Å². The molecule has 144 valence electrons. The molecule has 1 saturated heterocycles. The monoisotopic (exact) mass is 391 g/mol. The topological polar surface area (TPSA) is 84.7 Å². The molecular weight excluding hydrogens is 366 g/mol. The van der Waals surface area contributed by atoms with Gasteiger partial charge in [-0.25, -0.2) is 0 Å². The molecule has 1 aliphatic heterocycles. The summed E-state index contributed by atoms with van der Waals surface area (Å²) in [6.45, 7) is 0. The Labute approximate surface area is 168 Å². The van der Waals surface area contributed by atoms with E-state index in [2.05, 4.69) is 45.9 Å². The molecule has 2 aromatic carbocycles. The molecule has 3 aromatic rings. The fourth-order valence-electron chi connectivity index (χ4n) is 3.74. The molecule has 0 spiro atoms. The SMILES string of the molecule is CNc1cc(-c2cc(NC3CCS(=N)CC3)c3cnccc3c2)ccc1C=N. The Bertz CT molecular complexity index is 1040. The first kappa shape index (κ1) is 18.6. The number of anilines is 2. The third kappa shape index (κ3) is 3.78. The lowest BCUT2D eigenvalue weighted by molar-refractivity contribution is 0.663. The second-order valence-corrected chi connectivity index (χ2v) is 8.94. The Kier molecular flexibility index (Phi) is 5.39. The van der Waals surface area contributed by atoms with Gasteiger partial charge in [-0.1, -0.05) is 12.1 Å². The van der Waals surface area contributed by atoms with Gasteiger partial charge in [-0.2, -0.15) is 0 Å². The second kappa shape index (κ2) is 8.10. The number of nitrogens with one attached hydrogen (secondary N) is 4. The van der Waals surface area contributed by atoms with Crippen molar-refractivity contribution in [3.63, 3.8) is 0 Å². The molecule has 0 bridgehead atoms. The third-order valence-corrected chi connectivity index (χ3v) is 6.81. The number of pyridine rings is 1. The predicted octanol–water partition coefficient (Wildman–Crippen LogP) is 4.90. The fraction of sp³-hybridized carbons (Fsp3) is 0.273. The van der Waals surface area contributed by atoms with Gasteiger partial charge in [0.25, 0.3) is 0 Å². The maximum atomic E-state index is 7.96. The first-order valence-electron chi connectivity index (χ1n) is 9.53. The van der Waals surface area contributed by atoms with Gasteiger partial charge in [-0.3, -0.25) is 9.76 Å². The highest BCUT2D eigenvalue weighted by Gasteiger charge is 2.17. The van der Waals surface area contributed by atoms with Crippen LogP contribution in [0, 0.1) is 10.2 Å². The van der Waals surface area contributed by atoms with Crippen molar-refractivity contribution < 1.29 is 0 Å². The van der Waals surface area contributed by atoms with Crippen LogP contribution in [0.5, 0.6) is 0 Å². The van der Waals surface area contributed by atoms with Crippen LogP contribution in [0.3, 0.4) is 0 Å². The number of nitrogens with zero attached hydrogens (tertiary/aromatic N) is 1. The van der Waals surface area contributed by atoms with Gasteiger partial charge in [0.05, 0.1) is 0 Å². The Morgan fingerprint density at radius 1 is 1.07 bits per heavy atom. The summed E-state index contributed by atoms with van der Waals surface area (Å²) < 4.78 is 7.96. The minimum atomic E-state index is -0.165. The highest BCUT2D eigenvalue weighted by atomic mass is 32.2. The minimum absolute atomic E-state index is 0.165. The molecule has 0 saturated carbocycles. The molecule has 6 heteroatoms. The molecule has 0 aliphatic carbocycles. The van der Waals surface area contributed by atoms with E-state index in [-0.39, 0.29) is 10.7 Å². The number of aromatic nitrogens is 1. The van der Waals surface area contributed by atoms with E-state index in [9.17, 15) is 0 Å². The first-order chi connectivity index (χ1) is 13.7. The lowest BCUT2D eigenvalue weighted by Crippen LogP contribution is -2.29. The predicted molar refractivity (Wildman–Crippen MR) is 121 cm³/mol. The summed E-state index contributed by atoms with van der Waals surface area (Å²) in [6, 6.07) is 13.0. The van der Waals surface area contributed by atoms with Crippen LogP contribution in [0.15, 0.2) is 48.8 Å². The summed E-state index contributed by atoms with van der Waals surface area (Å²) in [6.07, 6.45) is 7.24. The van der Waals surface area contributed by atoms with E-state index in [4.69, 9.17) is 10.2 Å². The zero-order chi connectivity index (χ0) is 19.5. The van der Waals surface area contributed by atoms with Gasteiger partial charge in [0.15, 0.2) is 0 Å². The van der Waals surface area contributed by atoms with E-state index >= 15 is 0 Å². The molecule has 0 unspecified atom stereocenters. The fourth-order valence-corrected chi connectivity index (χ4v) is 5.08. The maximum absolute atomic E-state index is 7.96. The molecule has 0 amide bonds. The standard InChI is InChI=1S/C22H25N5S/c1-25-21-11-15(2-3-17(21)13-23)18-10-16-4-7-26-14-20(16)22(12-18)27-19-5-8-28(24)9-6-19/h2-4,7,10-14,19,23-25,27H,5-6,8-9H2,1H3. The van der Waals surface area contributed by atoms with E-state index in [1.807, 2.05) is 25.5 Å². The highest BCUT2D eigenvalue weighted by Crippen LogP contribution is 2.33. The summed E-state index contributed by atoms with van der Waals surface area (Å²) in [5, 5.41) is 16.8. The van der Waals surface area contributed by atoms with Crippen molar-refractivity contribution in [3.05, 3.63) is 54.4 Å². The number of hydrogen-bond donors (Lipinski definition) is 4. The van der Waals surface area contributed by atoms with Crippen LogP contribution in [0.1, 0.15) is 18.4 Å². The quantitative estimate of drug-likeness (QED) is 0.467. The summed E-state index contributed by atoms with van der Waals surface area (Å²) >= 11 is 0. The van der Waals surface area contributed by atoms with Crippen LogP contribution in [0.2, 0.25) is 0 Å². The summed E-state index contributed by atoms with van der Waals surface area (Å²) in [7, 11) is 1.72. The van der Waals surface area contributed by atoms with Crippen LogP contribution >= 0.6 is 0 Å². The molecule has 2 heterocycles. The third-order valence-electron chi connectivity index (χ3n) is 5.35. The Hall–Kier alpha value is -2.73. The van der Waals surface area contributed by atoms with Gasteiger partial charge in [-0.05, 0) is 53.6 Å². The zero-order valence-electron chi connectivity index (χ0n) is 16.0. The normalized spacial score (nSPS) is 19.3. The molecule has 1 aromatic heterocycles. The number of benzene rings is 2. The molecule has 0 radical (unpaired) electrons. The first-order valence-corrected chi connectivity index (χ1v) is 11.1. The van der Waals surface area contributed by atoms with Gasteiger partial charge in [-0.15, -0.1) is 10.7 Å². The van der Waals surface area contributed by atoms with Crippen LogP contribution < -0.4 is 10.6 Å². The molecule has 4 rings (SSSR count). The molecule has 4 N–H and O–H groups in total. The van der Waals surface area contributed by atoms with Crippen molar-refractivity contribution in [2.24, 2.45) is 0 Å². The minimum Gasteiger partial charge on any atom is -0.388 e. The maximum Gasteiger partial charge on any atom is 0.0443 e. The molecule has 0 atom stereocenters. The van der Waals surface area contributed by atoms with Crippen molar-refractivity contribution in [2.75, 3.05) is 29.2 Å². The average Bonchev–Trinajstić information content (AvgIpc) is 2.74. The van der Waals surface area contributed by atoms with Crippen LogP contribution in [0.4, 0.5) is 11.4 Å². The van der Waals surface area contributed by atoms with E-state index < -0.39 is 0 Å². The van der Waals surface area contributed by atoms with Crippen LogP contribution in [-0.4, -0.2) is 35.8 Å². The lowest BCUT2D eigenvalue weighted by Gasteiger charge is -2.26. The molecule has 28 heavy (non-hydrogen) atoms. The summed E-state index contributed by atoms with van der Waals surface area (Å²) in [5.41, 5.74) is 5.20. The molecule has 1 fully saturated rings. The molecule has 5 nitrogen and oxygen atoms in total. The Balaban J connectivity index is 1.75. The highest BCUT2D eigenvalue weighted by molar-refractivity contribution is 7.86. The molecule has 1 aliphatic rings. The Morgan fingerprint density at radius 3 is 2.61 bits per heavy atom. The van der Waals surface area contributed by atoms with Gasteiger partial charge in [0, 0.05) is 65.5 Å². The zero-order valence-corrected chi connectivity index (χ0v) is 16.8. The van der Waals surface area contributed by atoms with E-state index in [0.29, 0.717) is 6.04 Å². The van der Waals surface area contributed by atoms with Gasteiger partial charge < -0.3 is 16.0 Å².